The van der Waals surface area contributed by atoms with Crippen LogP contribution in [0.4, 0.5) is 4.39 Å². The fraction of sp³-hybridized carbons (Fsp3) is 0.471. The summed E-state index contributed by atoms with van der Waals surface area (Å²) in [4.78, 5) is 4.48. The summed E-state index contributed by atoms with van der Waals surface area (Å²) in [6, 6.07) is 3.94. The van der Waals surface area contributed by atoms with Gasteiger partial charge in [0, 0.05) is 6.20 Å². The van der Waals surface area contributed by atoms with Gasteiger partial charge < -0.3 is 9.31 Å². The third-order valence-corrected chi connectivity index (χ3v) is 4.76. The summed E-state index contributed by atoms with van der Waals surface area (Å²) in [6.07, 6.45) is 3.35. The molecule has 6 heteroatoms. The van der Waals surface area contributed by atoms with Gasteiger partial charge in [-0.25, -0.2) is 9.37 Å². The molecule has 0 spiro atoms. The van der Waals surface area contributed by atoms with Gasteiger partial charge >= 0.3 is 7.12 Å². The highest BCUT2D eigenvalue weighted by atomic mass is 19.1. The Bertz CT molecular complexity index is 779. The number of aryl methyl sites for hydroxylation is 2. The van der Waals surface area contributed by atoms with Crippen LogP contribution in [0.3, 0.4) is 0 Å². The normalized spacial score (nSPS) is 20.5. The van der Waals surface area contributed by atoms with Gasteiger partial charge in [0.1, 0.15) is 11.4 Å². The highest BCUT2D eigenvalue weighted by Gasteiger charge is 2.53. The first-order valence-corrected chi connectivity index (χ1v) is 7.79. The standard InChI is InChI=1S/C17H22BFN2O2/c1-11-7-8-21-13(12(2)20-15(21)9-11)10-14(19)18-22-16(3,4)17(5,6)23-18/h7-10H,1-6H3. The lowest BCUT2D eigenvalue weighted by molar-refractivity contribution is 0.00578. The molecule has 0 N–H and O–H groups in total. The average Bonchev–Trinajstić information content (AvgIpc) is 2.83. The fourth-order valence-electron chi connectivity index (χ4n) is 2.61. The third-order valence-electron chi connectivity index (χ3n) is 4.76. The molecule has 0 radical (unpaired) electrons. The molecule has 1 fully saturated rings. The number of nitrogens with zero attached hydrogens (tertiary/aromatic N) is 2. The molecule has 1 saturated heterocycles. The Balaban J connectivity index is 1.98. The smallest absolute Gasteiger partial charge is 0.398 e. The molecular formula is C17H22BFN2O2. The van der Waals surface area contributed by atoms with Crippen LogP contribution in [0.25, 0.3) is 11.7 Å². The Morgan fingerprint density at radius 1 is 1.22 bits per heavy atom. The molecule has 23 heavy (non-hydrogen) atoms. The Kier molecular flexibility index (Phi) is 3.65. The lowest BCUT2D eigenvalue weighted by Crippen LogP contribution is -2.41. The quantitative estimate of drug-likeness (QED) is 0.789. The first-order chi connectivity index (χ1) is 10.6. The largest absolute Gasteiger partial charge is 0.525 e. The molecule has 0 saturated carbocycles. The van der Waals surface area contributed by atoms with Crippen LogP contribution in [-0.4, -0.2) is 27.7 Å². The second kappa shape index (κ2) is 5.18. The van der Waals surface area contributed by atoms with Crippen molar-refractivity contribution in [3.63, 3.8) is 0 Å². The average molecular weight is 316 g/mol. The maximum Gasteiger partial charge on any atom is 0.525 e. The van der Waals surface area contributed by atoms with E-state index >= 15 is 0 Å². The van der Waals surface area contributed by atoms with Crippen molar-refractivity contribution in [2.24, 2.45) is 0 Å². The van der Waals surface area contributed by atoms with E-state index in [1.54, 1.807) is 0 Å². The number of halogens is 1. The van der Waals surface area contributed by atoms with Crippen LogP contribution >= 0.6 is 0 Å². The Morgan fingerprint density at radius 2 is 1.83 bits per heavy atom. The predicted octanol–water partition coefficient (Wildman–Crippen LogP) is 3.89. The van der Waals surface area contributed by atoms with E-state index in [1.165, 1.54) is 6.08 Å². The van der Waals surface area contributed by atoms with Crippen LogP contribution in [0.15, 0.2) is 24.1 Å². The van der Waals surface area contributed by atoms with Gasteiger partial charge in [-0.3, -0.25) is 4.40 Å². The van der Waals surface area contributed by atoms with Crippen molar-refractivity contribution < 1.29 is 13.7 Å². The molecule has 3 rings (SSSR count). The number of pyridine rings is 1. The maximum absolute atomic E-state index is 14.7. The van der Waals surface area contributed by atoms with Crippen molar-refractivity contribution in [1.29, 1.82) is 0 Å². The highest BCUT2D eigenvalue weighted by Crippen LogP contribution is 2.39. The second-order valence-corrected chi connectivity index (χ2v) is 7.13. The van der Waals surface area contributed by atoms with Crippen LogP contribution in [0.2, 0.25) is 0 Å². The van der Waals surface area contributed by atoms with E-state index in [-0.39, 0.29) is 0 Å². The molecule has 3 heterocycles. The number of hydrogen-bond acceptors (Lipinski definition) is 3. The molecule has 0 bridgehead atoms. The van der Waals surface area contributed by atoms with Crippen LogP contribution in [-0.2, 0) is 9.31 Å². The minimum atomic E-state index is -0.990. The fourth-order valence-corrected chi connectivity index (χ4v) is 2.61. The van der Waals surface area contributed by atoms with Gasteiger partial charge in [-0.2, -0.15) is 0 Å². The summed E-state index contributed by atoms with van der Waals surface area (Å²) in [6.45, 7) is 11.5. The summed E-state index contributed by atoms with van der Waals surface area (Å²) in [5.74, 6) is 0. The number of rotatable bonds is 2. The molecule has 122 valence electrons. The summed E-state index contributed by atoms with van der Waals surface area (Å²) < 4.78 is 28.1. The lowest BCUT2D eigenvalue weighted by Gasteiger charge is -2.32. The molecule has 2 aromatic rings. The predicted molar refractivity (Wildman–Crippen MR) is 89.8 cm³/mol. The number of hydrogen-bond donors (Lipinski definition) is 0. The van der Waals surface area contributed by atoms with Crippen molar-refractivity contribution in [2.75, 3.05) is 0 Å². The van der Waals surface area contributed by atoms with E-state index in [9.17, 15) is 4.39 Å². The van der Waals surface area contributed by atoms with Crippen LogP contribution in [0.1, 0.15) is 44.6 Å². The van der Waals surface area contributed by atoms with Gasteiger partial charge in [0.25, 0.3) is 0 Å². The molecule has 0 atom stereocenters. The maximum atomic E-state index is 14.7. The van der Waals surface area contributed by atoms with Crippen LogP contribution < -0.4 is 0 Å². The molecule has 0 aromatic carbocycles. The summed E-state index contributed by atoms with van der Waals surface area (Å²) in [5, 5.41) is 0. The zero-order valence-electron chi connectivity index (χ0n) is 14.5. The van der Waals surface area contributed by atoms with Crippen molar-refractivity contribution in [2.45, 2.75) is 52.7 Å². The van der Waals surface area contributed by atoms with Gasteiger partial charge in [0.15, 0.2) is 0 Å². The minimum Gasteiger partial charge on any atom is -0.398 e. The number of imidazole rings is 1. The Morgan fingerprint density at radius 3 is 2.43 bits per heavy atom. The lowest BCUT2D eigenvalue weighted by atomic mass is 9.87. The van der Waals surface area contributed by atoms with Crippen molar-refractivity contribution in [3.8, 4) is 0 Å². The van der Waals surface area contributed by atoms with Crippen molar-refractivity contribution in [1.82, 2.24) is 9.38 Å². The second-order valence-electron chi connectivity index (χ2n) is 7.13. The van der Waals surface area contributed by atoms with E-state index in [2.05, 4.69) is 4.98 Å². The molecule has 0 unspecified atom stereocenters. The molecule has 0 aliphatic carbocycles. The molecular weight excluding hydrogens is 294 g/mol. The molecule has 2 aromatic heterocycles. The third kappa shape index (κ3) is 2.70. The van der Waals surface area contributed by atoms with Gasteiger partial charge in [-0.15, -0.1) is 0 Å². The summed E-state index contributed by atoms with van der Waals surface area (Å²) >= 11 is 0. The van der Waals surface area contributed by atoms with Crippen molar-refractivity contribution >= 4 is 18.8 Å². The van der Waals surface area contributed by atoms with Crippen molar-refractivity contribution in [3.05, 3.63) is 41.0 Å². The molecule has 4 nitrogen and oxygen atoms in total. The van der Waals surface area contributed by atoms with Gasteiger partial charge in [-0.1, -0.05) is 0 Å². The van der Waals surface area contributed by atoms with E-state index in [0.717, 1.165) is 16.9 Å². The Hall–Kier alpha value is -1.66. The summed E-state index contributed by atoms with van der Waals surface area (Å²) in [5.41, 5.74) is 1.81. The van der Waals surface area contributed by atoms with E-state index in [1.807, 2.05) is 64.3 Å². The van der Waals surface area contributed by atoms with Crippen LogP contribution in [0.5, 0.6) is 0 Å². The topological polar surface area (TPSA) is 35.8 Å². The van der Waals surface area contributed by atoms with Gasteiger partial charge in [0.2, 0.25) is 0 Å². The SMILES string of the molecule is Cc1ccn2c(C=C(F)B3OC(C)(C)C(C)(C)O3)c(C)nc2c1. The van der Waals surface area contributed by atoms with Gasteiger partial charge in [-0.05, 0) is 65.3 Å². The summed E-state index contributed by atoms with van der Waals surface area (Å²) in [7, 11) is -0.990. The zero-order valence-corrected chi connectivity index (χ0v) is 14.5. The molecule has 0 amide bonds. The number of fused-ring (bicyclic) bond motifs is 1. The van der Waals surface area contributed by atoms with Crippen LogP contribution in [0, 0.1) is 13.8 Å². The zero-order chi connectivity index (χ0) is 17.0. The first-order valence-electron chi connectivity index (χ1n) is 7.79. The van der Waals surface area contributed by atoms with E-state index in [4.69, 9.17) is 9.31 Å². The number of aromatic nitrogens is 2. The molecule has 1 aliphatic rings. The van der Waals surface area contributed by atoms with E-state index in [0.29, 0.717) is 5.69 Å². The first kappa shape index (κ1) is 16.2. The Labute approximate surface area is 136 Å². The highest BCUT2D eigenvalue weighted by molar-refractivity contribution is 6.54. The van der Waals surface area contributed by atoms with E-state index < -0.39 is 24.0 Å². The minimum absolute atomic E-state index is 0.450. The molecule has 1 aliphatic heterocycles. The van der Waals surface area contributed by atoms with Gasteiger partial charge in [0.05, 0.1) is 22.6 Å². The monoisotopic (exact) mass is 316 g/mol.